The number of para-hydroxylation sites is 1. The summed E-state index contributed by atoms with van der Waals surface area (Å²) in [5.41, 5.74) is 2.45. The molecular formula is C18H22N2O3S. The van der Waals surface area contributed by atoms with Crippen molar-refractivity contribution in [1.82, 2.24) is 4.72 Å². The highest BCUT2D eigenvalue weighted by Crippen LogP contribution is 2.19. The molecule has 0 fully saturated rings. The fourth-order valence-corrected chi connectivity index (χ4v) is 3.81. The standard InChI is InChI=1S/C18H22N2O3S/c1-14-8-4-6-10-17(14)20(16(3)21)13-12-19-24(22,23)18-11-7-5-9-15(18)2/h4-11,19H,12-13H2,1-3H3. The molecule has 0 aliphatic heterocycles. The van der Waals surface area contributed by atoms with Gasteiger partial charge in [0.2, 0.25) is 15.9 Å². The van der Waals surface area contributed by atoms with Gasteiger partial charge in [0.05, 0.1) is 4.90 Å². The van der Waals surface area contributed by atoms with Gasteiger partial charge in [-0.3, -0.25) is 4.79 Å². The Morgan fingerprint density at radius 2 is 1.58 bits per heavy atom. The predicted octanol–water partition coefficient (Wildman–Crippen LogP) is 2.63. The van der Waals surface area contributed by atoms with Crippen LogP contribution in [-0.2, 0) is 14.8 Å². The van der Waals surface area contributed by atoms with Crippen molar-refractivity contribution in [3.63, 3.8) is 0 Å². The zero-order valence-corrected chi connectivity index (χ0v) is 14.9. The molecule has 1 amide bonds. The van der Waals surface area contributed by atoms with Gasteiger partial charge in [-0.05, 0) is 37.1 Å². The Balaban J connectivity index is 2.10. The predicted molar refractivity (Wildman–Crippen MR) is 95.6 cm³/mol. The molecule has 2 aromatic rings. The van der Waals surface area contributed by atoms with Gasteiger partial charge in [-0.15, -0.1) is 0 Å². The highest BCUT2D eigenvalue weighted by Gasteiger charge is 2.18. The van der Waals surface area contributed by atoms with E-state index in [0.717, 1.165) is 11.3 Å². The Kier molecular flexibility index (Phi) is 5.75. The van der Waals surface area contributed by atoms with E-state index in [1.165, 1.54) is 6.92 Å². The number of hydrogen-bond acceptors (Lipinski definition) is 3. The first-order valence-electron chi connectivity index (χ1n) is 7.72. The average molecular weight is 346 g/mol. The van der Waals surface area contributed by atoms with E-state index in [1.807, 2.05) is 31.2 Å². The van der Waals surface area contributed by atoms with Crippen LogP contribution < -0.4 is 9.62 Å². The summed E-state index contributed by atoms with van der Waals surface area (Å²) in [6.45, 7) is 5.56. The number of sulfonamides is 1. The van der Waals surface area contributed by atoms with Gasteiger partial charge < -0.3 is 4.90 Å². The van der Waals surface area contributed by atoms with E-state index in [0.29, 0.717) is 5.56 Å². The first kappa shape index (κ1) is 18.2. The molecule has 0 radical (unpaired) electrons. The minimum atomic E-state index is -3.59. The highest BCUT2D eigenvalue weighted by molar-refractivity contribution is 7.89. The summed E-state index contributed by atoms with van der Waals surface area (Å²) in [5, 5.41) is 0. The van der Waals surface area contributed by atoms with Crippen LogP contribution in [0, 0.1) is 13.8 Å². The maximum atomic E-state index is 12.4. The van der Waals surface area contributed by atoms with Crippen LogP contribution in [0.1, 0.15) is 18.1 Å². The average Bonchev–Trinajstić information content (AvgIpc) is 2.52. The molecule has 2 aromatic carbocycles. The Bertz CT molecular complexity index is 832. The van der Waals surface area contributed by atoms with Gasteiger partial charge >= 0.3 is 0 Å². The fourth-order valence-electron chi connectivity index (χ4n) is 2.54. The van der Waals surface area contributed by atoms with Gasteiger partial charge in [-0.2, -0.15) is 0 Å². The van der Waals surface area contributed by atoms with Gasteiger partial charge in [-0.25, -0.2) is 13.1 Å². The van der Waals surface area contributed by atoms with Crippen molar-refractivity contribution < 1.29 is 13.2 Å². The number of aryl methyl sites for hydroxylation is 2. The molecule has 0 aromatic heterocycles. The van der Waals surface area contributed by atoms with E-state index in [9.17, 15) is 13.2 Å². The van der Waals surface area contributed by atoms with Crippen molar-refractivity contribution in [3.05, 3.63) is 59.7 Å². The molecule has 128 valence electrons. The summed E-state index contributed by atoms with van der Waals surface area (Å²) in [4.78, 5) is 13.8. The van der Waals surface area contributed by atoms with E-state index in [-0.39, 0.29) is 23.9 Å². The molecule has 0 bridgehead atoms. The number of hydrogen-bond donors (Lipinski definition) is 1. The fraction of sp³-hybridized carbons (Fsp3) is 0.278. The van der Waals surface area contributed by atoms with E-state index in [1.54, 1.807) is 36.1 Å². The third kappa shape index (κ3) is 4.21. The lowest BCUT2D eigenvalue weighted by Crippen LogP contribution is -2.38. The van der Waals surface area contributed by atoms with E-state index in [4.69, 9.17) is 0 Å². The molecule has 1 N–H and O–H groups in total. The van der Waals surface area contributed by atoms with Crippen LogP contribution in [0.25, 0.3) is 0 Å². The van der Waals surface area contributed by atoms with Crippen molar-refractivity contribution in [3.8, 4) is 0 Å². The maximum absolute atomic E-state index is 12.4. The number of amides is 1. The Morgan fingerprint density at radius 3 is 2.17 bits per heavy atom. The lowest BCUT2D eigenvalue weighted by Gasteiger charge is -2.23. The molecule has 0 spiro atoms. The second-order valence-electron chi connectivity index (χ2n) is 5.62. The number of nitrogens with one attached hydrogen (secondary N) is 1. The van der Waals surface area contributed by atoms with E-state index < -0.39 is 10.0 Å². The molecule has 0 saturated heterocycles. The molecule has 0 atom stereocenters. The Hall–Kier alpha value is -2.18. The van der Waals surface area contributed by atoms with Gasteiger partial charge in [0.1, 0.15) is 0 Å². The Labute approximate surface area is 143 Å². The number of rotatable bonds is 6. The van der Waals surface area contributed by atoms with Crippen LogP contribution in [0.5, 0.6) is 0 Å². The van der Waals surface area contributed by atoms with E-state index >= 15 is 0 Å². The van der Waals surface area contributed by atoms with Crippen molar-refractivity contribution in [2.75, 3.05) is 18.0 Å². The lowest BCUT2D eigenvalue weighted by molar-refractivity contribution is -0.116. The van der Waals surface area contributed by atoms with Crippen molar-refractivity contribution in [2.24, 2.45) is 0 Å². The molecule has 24 heavy (non-hydrogen) atoms. The van der Waals surface area contributed by atoms with Gasteiger partial charge in [0, 0.05) is 25.7 Å². The minimum Gasteiger partial charge on any atom is -0.311 e. The third-order valence-electron chi connectivity index (χ3n) is 3.80. The third-order valence-corrected chi connectivity index (χ3v) is 5.42. The highest BCUT2D eigenvalue weighted by atomic mass is 32.2. The minimum absolute atomic E-state index is 0.126. The van der Waals surface area contributed by atoms with Crippen LogP contribution in [0.15, 0.2) is 53.4 Å². The summed E-state index contributed by atoms with van der Waals surface area (Å²) >= 11 is 0. The topological polar surface area (TPSA) is 66.5 Å². The Morgan fingerprint density at radius 1 is 1.00 bits per heavy atom. The summed E-state index contributed by atoms with van der Waals surface area (Å²) in [7, 11) is -3.59. The quantitative estimate of drug-likeness (QED) is 0.874. The SMILES string of the molecule is CC(=O)N(CCNS(=O)(=O)c1ccccc1C)c1ccccc1C. The van der Waals surface area contributed by atoms with Gasteiger partial charge in [0.25, 0.3) is 0 Å². The molecule has 0 aliphatic rings. The van der Waals surface area contributed by atoms with Crippen molar-refractivity contribution in [2.45, 2.75) is 25.7 Å². The zero-order chi connectivity index (χ0) is 17.7. The lowest BCUT2D eigenvalue weighted by atomic mass is 10.2. The van der Waals surface area contributed by atoms with Crippen molar-refractivity contribution >= 4 is 21.6 Å². The maximum Gasteiger partial charge on any atom is 0.240 e. The summed E-state index contributed by atoms with van der Waals surface area (Å²) < 4.78 is 27.4. The van der Waals surface area contributed by atoms with Crippen LogP contribution in [-0.4, -0.2) is 27.4 Å². The molecule has 6 heteroatoms. The summed E-state index contributed by atoms with van der Waals surface area (Å²) in [6.07, 6.45) is 0. The largest absolute Gasteiger partial charge is 0.311 e. The first-order chi connectivity index (χ1) is 11.3. The van der Waals surface area contributed by atoms with Crippen LogP contribution in [0.4, 0.5) is 5.69 Å². The molecular weight excluding hydrogens is 324 g/mol. The first-order valence-corrected chi connectivity index (χ1v) is 9.20. The number of anilines is 1. The molecule has 0 unspecified atom stereocenters. The normalized spacial score (nSPS) is 11.3. The molecule has 2 rings (SSSR count). The molecule has 0 heterocycles. The number of benzene rings is 2. The molecule has 5 nitrogen and oxygen atoms in total. The second kappa shape index (κ2) is 7.59. The molecule has 0 aliphatic carbocycles. The van der Waals surface area contributed by atoms with E-state index in [2.05, 4.69) is 4.72 Å². The number of carbonyl (C=O) groups is 1. The van der Waals surface area contributed by atoms with Gasteiger partial charge in [-0.1, -0.05) is 36.4 Å². The van der Waals surface area contributed by atoms with Crippen molar-refractivity contribution in [1.29, 1.82) is 0 Å². The van der Waals surface area contributed by atoms with Crippen LogP contribution in [0.3, 0.4) is 0 Å². The summed E-state index contributed by atoms with van der Waals surface area (Å²) in [5.74, 6) is -0.126. The van der Waals surface area contributed by atoms with Crippen LogP contribution in [0.2, 0.25) is 0 Å². The monoisotopic (exact) mass is 346 g/mol. The van der Waals surface area contributed by atoms with Crippen LogP contribution >= 0.6 is 0 Å². The smallest absolute Gasteiger partial charge is 0.240 e. The summed E-state index contributed by atoms with van der Waals surface area (Å²) in [6, 6.07) is 14.3. The molecule has 0 saturated carbocycles. The second-order valence-corrected chi connectivity index (χ2v) is 7.36. The number of carbonyl (C=O) groups excluding carboxylic acids is 1. The number of nitrogens with zero attached hydrogens (tertiary/aromatic N) is 1. The van der Waals surface area contributed by atoms with Gasteiger partial charge in [0.15, 0.2) is 0 Å². The zero-order valence-electron chi connectivity index (χ0n) is 14.1.